The second-order valence-corrected chi connectivity index (χ2v) is 6.24. The number of rotatable bonds is 5. The molecule has 0 amide bonds. The second-order valence-electron chi connectivity index (χ2n) is 4.76. The third kappa shape index (κ3) is 3.40. The highest BCUT2D eigenvalue weighted by atomic mass is 35.5. The largest absolute Gasteiger partial charge is 0.313 e. The number of nitrogens with one attached hydrogen (secondary N) is 1. The molecule has 1 saturated heterocycles. The van der Waals surface area contributed by atoms with Crippen LogP contribution in [0.25, 0.3) is 0 Å². The standard InChI is InChI=1S/C14H19ClFNS/c1-2-6-17-14-9-18-8-10(14)7-11-12(15)4-3-5-13(11)16/h3-5,10,14,17H,2,6-9H2,1H3. The van der Waals surface area contributed by atoms with Crippen LogP contribution >= 0.6 is 23.4 Å². The molecule has 1 aliphatic heterocycles. The van der Waals surface area contributed by atoms with Crippen molar-refractivity contribution >= 4 is 23.4 Å². The zero-order valence-corrected chi connectivity index (χ0v) is 12.2. The summed E-state index contributed by atoms with van der Waals surface area (Å²) in [6.45, 7) is 3.20. The number of hydrogen-bond donors (Lipinski definition) is 1. The van der Waals surface area contributed by atoms with Gasteiger partial charge in [-0.1, -0.05) is 24.6 Å². The third-order valence-electron chi connectivity index (χ3n) is 3.38. The summed E-state index contributed by atoms with van der Waals surface area (Å²) in [5, 5.41) is 4.11. The molecule has 1 nitrogen and oxygen atoms in total. The van der Waals surface area contributed by atoms with Gasteiger partial charge in [-0.3, -0.25) is 0 Å². The van der Waals surface area contributed by atoms with Crippen LogP contribution in [0.15, 0.2) is 18.2 Å². The maximum atomic E-state index is 13.8. The molecule has 0 saturated carbocycles. The predicted octanol–water partition coefficient (Wildman–Crippen LogP) is 3.75. The minimum atomic E-state index is -0.173. The van der Waals surface area contributed by atoms with Crippen LogP contribution in [0.1, 0.15) is 18.9 Å². The summed E-state index contributed by atoms with van der Waals surface area (Å²) in [6.07, 6.45) is 1.87. The van der Waals surface area contributed by atoms with Crippen LogP contribution < -0.4 is 5.32 Å². The van der Waals surface area contributed by atoms with Gasteiger partial charge in [0.1, 0.15) is 5.82 Å². The highest BCUT2D eigenvalue weighted by Crippen LogP contribution is 2.30. The smallest absolute Gasteiger partial charge is 0.127 e. The summed E-state index contributed by atoms with van der Waals surface area (Å²) in [5.41, 5.74) is 0.676. The van der Waals surface area contributed by atoms with E-state index in [4.69, 9.17) is 11.6 Å². The van der Waals surface area contributed by atoms with Gasteiger partial charge in [-0.25, -0.2) is 4.39 Å². The van der Waals surface area contributed by atoms with Crippen molar-refractivity contribution in [3.63, 3.8) is 0 Å². The lowest BCUT2D eigenvalue weighted by molar-refractivity contribution is 0.420. The van der Waals surface area contributed by atoms with E-state index >= 15 is 0 Å². The Bertz CT molecular complexity index is 379. The van der Waals surface area contributed by atoms with Gasteiger partial charge < -0.3 is 5.32 Å². The molecule has 0 aromatic heterocycles. The van der Waals surface area contributed by atoms with Crippen molar-refractivity contribution < 1.29 is 4.39 Å². The molecular formula is C14H19ClFNS. The normalized spacial score (nSPS) is 23.5. The molecule has 1 heterocycles. The maximum absolute atomic E-state index is 13.8. The first kappa shape index (κ1) is 14.2. The van der Waals surface area contributed by atoms with Crippen LogP contribution in [0.5, 0.6) is 0 Å². The Morgan fingerprint density at radius 1 is 1.44 bits per heavy atom. The monoisotopic (exact) mass is 287 g/mol. The number of halogens is 2. The average Bonchev–Trinajstić information content (AvgIpc) is 2.79. The first-order chi connectivity index (χ1) is 8.72. The van der Waals surface area contributed by atoms with Crippen molar-refractivity contribution in [2.24, 2.45) is 5.92 Å². The van der Waals surface area contributed by atoms with E-state index in [9.17, 15) is 4.39 Å². The van der Waals surface area contributed by atoms with Crippen LogP contribution in [0.2, 0.25) is 5.02 Å². The molecule has 0 bridgehead atoms. The van der Waals surface area contributed by atoms with Gasteiger partial charge in [0.05, 0.1) is 0 Å². The molecule has 2 rings (SSSR count). The Labute approximate surface area is 117 Å². The summed E-state index contributed by atoms with van der Waals surface area (Å²) in [6, 6.07) is 5.43. The Kier molecular flexibility index (Phi) is 5.34. The van der Waals surface area contributed by atoms with Crippen LogP contribution in [-0.2, 0) is 6.42 Å². The Balaban J connectivity index is 2.03. The Morgan fingerprint density at radius 2 is 2.28 bits per heavy atom. The molecule has 0 radical (unpaired) electrons. The van der Waals surface area contributed by atoms with Crippen molar-refractivity contribution in [3.8, 4) is 0 Å². The van der Waals surface area contributed by atoms with Crippen molar-refractivity contribution in [1.29, 1.82) is 0 Å². The van der Waals surface area contributed by atoms with Gasteiger partial charge in [0.25, 0.3) is 0 Å². The molecule has 1 aromatic carbocycles. The van der Waals surface area contributed by atoms with Crippen molar-refractivity contribution in [3.05, 3.63) is 34.6 Å². The molecule has 2 atom stereocenters. The van der Waals surface area contributed by atoms with Gasteiger partial charge >= 0.3 is 0 Å². The summed E-state index contributed by atoms with van der Waals surface area (Å²) >= 11 is 8.04. The molecule has 1 N–H and O–H groups in total. The van der Waals surface area contributed by atoms with Crippen molar-refractivity contribution in [2.45, 2.75) is 25.8 Å². The quantitative estimate of drug-likeness (QED) is 0.885. The highest BCUT2D eigenvalue weighted by Gasteiger charge is 2.28. The fourth-order valence-corrected chi connectivity index (χ4v) is 4.02. The van der Waals surface area contributed by atoms with Crippen molar-refractivity contribution in [2.75, 3.05) is 18.1 Å². The van der Waals surface area contributed by atoms with Gasteiger partial charge in [0.2, 0.25) is 0 Å². The lowest BCUT2D eigenvalue weighted by atomic mass is 9.94. The molecule has 0 spiro atoms. The minimum Gasteiger partial charge on any atom is -0.313 e. The lowest BCUT2D eigenvalue weighted by Crippen LogP contribution is -2.36. The van der Waals surface area contributed by atoms with E-state index in [1.54, 1.807) is 12.1 Å². The number of benzene rings is 1. The topological polar surface area (TPSA) is 12.0 Å². The fourth-order valence-electron chi connectivity index (χ4n) is 2.34. The minimum absolute atomic E-state index is 0.173. The zero-order valence-electron chi connectivity index (χ0n) is 10.6. The van der Waals surface area contributed by atoms with E-state index in [0.717, 1.165) is 30.9 Å². The summed E-state index contributed by atoms with van der Waals surface area (Å²) in [4.78, 5) is 0. The number of hydrogen-bond acceptors (Lipinski definition) is 2. The SMILES string of the molecule is CCCNC1CSCC1Cc1c(F)cccc1Cl. The molecule has 0 aliphatic carbocycles. The van der Waals surface area contributed by atoms with Gasteiger partial charge in [0.15, 0.2) is 0 Å². The van der Waals surface area contributed by atoms with E-state index in [0.29, 0.717) is 22.5 Å². The Hall–Kier alpha value is -0.250. The van der Waals surface area contributed by atoms with Crippen molar-refractivity contribution in [1.82, 2.24) is 5.32 Å². The van der Waals surface area contributed by atoms with Crippen LogP contribution in [0.3, 0.4) is 0 Å². The lowest BCUT2D eigenvalue weighted by Gasteiger charge is -2.20. The van der Waals surface area contributed by atoms with Crippen LogP contribution in [0, 0.1) is 11.7 Å². The molecule has 1 aromatic rings. The predicted molar refractivity (Wildman–Crippen MR) is 78.0 cm³/mol. The van der Waals surface area contributed by atoms with Gasteiger partial charge in [-0.2, -0.15) is 11.8 Å². The molecular weight excluding hydrogens is 269 g/mol. The van der Waals surface area contributed by atoms with E-state index in [2.05, 4.69) is 12.2 Å². The summed E-state index contributed by atoms with van der Waals surface area (Å²) in [7, 11) is 0. The van der Waals surface area contributed by atoms with Crippen LogP contribution in [-0.4, -0.2) is 24.1 Å². The van der Waals surface area contributed by atoms with Crippen LogP contribution in [0.4, 0.5) is 4.39 Å². The molecule has 1 aliphatic rings. The van der Waals surface area contributed by atoms with Gasteiger partial charge in [-0.05, 0) is 43.2 Å². The maximum Gasteiger partial charge on any atom is 0.127 e. The van der Waals surface area contributed by atoms with E-state index < -0.39 is 0 Å². The highest BCUT2D eigenvalue weighted by molar-refractivity contribution is 7.99. The molecule has 18 heavy (non-hydrogen) atoms. The average molecular weight is 288 g/mol. The number of thioether (sulfide) groups is 1. The molecule has 2 unspecified atom stereocenters. The first-order valence-electron chi connectivity index (χ1n) is 6.46. The van der Waals surface area contributed by atoms with Gasteiger partial charge in [-0.15, -0.1) is 0 Å². The second kappa shape index (κ2) is 6.78. The molecule has 100 valence electrons. The summed E-state index contributed by atoms with van der Waals surface area (Å²) in [5.74, 6) is 2.52. The van der Waals surface area contributed by atoms with Gasteiger partial charge in [0, 0.05) is 22.4 Å². The third-order valence-corrected chi connectivity index (χ3v) is 5.00. The fraction of sp³-hybridized carbons (Fsp3) is 0.571. The van der Waals surface area contributed by atoms with E-state index in [1.807, 2.05) is 11.8 Å². The zero-order chi connectivity index (χ0) is 13.0. The van der Waals surface area contributed by atoms with E-state index in [-0.39, 0.29) is 5.82 Å². The summed E-state index contributed by atoms with van der Waals surface area (Å²) < 4.78 is 13.8. The molecule has 4 heteroatoms. The molecule has 1 fully saturated rings. The Morgan fingerprint density at radius 3 is 3.00 bits per heavy atom. The van der Waals surface area contributed by atoms with E-state index in [1.165, 1.54) is 6.07 Å². The first-order valence-corrected chi connectivity index (χ1v) is 7.99.